The van der Waals surface area contributed by atoms with E-state index in [1.807, 2.05) is 6.92 Å². The molecule has 1 aromatic carbocycles. The highest BCUT2D eigenvalue weighted by Crippen LogP contribution is 2.34. The number of fused-ring (bicyclic) bond motifs is 1. The van der Waals surface area contributed by atoms with E-state index in [4.69, 9.17) is 4.74 Å². The third kappa shape index (κ3) is 3.51. The van der Waals surface area contributed by atoms with Gasteiger partial charge in [-0.3, -0.25) is 24.6 Å². The van der Waals surface area contributed by atoms with Gasteiger partial charge in [0.2, 0.25) is 5.91 Å². The number of benzene rings is 1. The fourth-order valence-electron chi connectivity index (χ4n) is 2.08. The molecule has 1 aromatic rings. The molecule has 8 heteroatoms. The fraction of sp³-hybridized carbons (Fsp3) is 0.429. The van der Waals surface area contributed by atoms with Crippen molar-refractivity contribution in [2.24, 2.45) is 0 Å². The normalized spacial score (nSPS) is 13.3. The van der Waals surface area contributed by atoms with Crippen LogP contribution in [0.15, 0.2) is 18.2 Å². The van der Waals surface area contributed by atoms with E-state index < -0.39 is 10.8 Å². The van der Waals surface area contributed by atoms with Gasteiger partial charge in [0.25, 0.3) is 11.6 Å². The molecule has 0 spiro atoms. The first-order chi connectivity index (χ1) is 10.5. The summed E-state index contributed by atoms with van der Waals surface area (Å²) in [7, 11) is 0. The largest absolute Gasteiger partial charge is 0.482 e. The number of nitrogens with one attached hydrogen (secondary N) is 1. The average molecular weight is 307 g/mol. The van der Waals surface area contributed by atoms with Crippen molar-refractivity contribution in [2.75, 3.05) is 24.6 Å². The molecule has 2 amide bonds. The van der Waals surface area contributed by atoms with Crippen molar-refractivity contribution in [3.05, 3.63) is 28.3 Å². The van der Waals surface area contributed by atoms with Crippen LogP contribution in [0.3, 0.4) is 0 Å². The Labute approximate surface area is 127 Å². The fourth-order valence-corrected chi connectivity index (χ4v) is 2.08. The van der Waals surface area contributed by atoms with Gasteiger partial charge in [0, 0.05) is 18.7 Å². The highest BCUT2D eigenvalue weighted by atomic mass is 16.6. The molecular formula is C14H17N3O5. The summed E-state index contributed by atoms with van der Waals surface area (Å²) < 4.78 is 5.24. The van der Waals surface area contributed by atoms with Crippen LogP contribution < -0.4 is 15.0 Å². The Kier molecular flexibility index (Phi) is 4.92. The Balaban J connectivity index is 2.17. The Morgan fingerprint density at radius 3 is 2.95 bits per heavy atom. The number of anilines is 1. The molecule has 2 rings (SSSR count). The highest BCUT2D eigenvalue weighted by Gasteiger charge is 2.29. The molecule has 0 atom stereocenters. The Bertz CT molecular complexity index is 602. The number of rotatable bonds is 6. The van der Waals surface area contributed by atoms with Gasteiger partial charge in [-0.2, -0.15) is 0 Å². The molecule has 0 saturated heterocycles. The van der Waals surface area contributed by atoms with Crippen LogP contribution in [-0.4, -0.2) is 36.4 Å². The van der Waals surface area contributed by atoms with Crippen molar-refractivity contribution in [3.8, 4) is 5.75 Å². The van der Waals surface area contributed by atoms with Gasteiger partial charge in [0.05, 0.1) is 10.6 Å². The molecule has 0 fully saturated rings. The maximum atomic E-state index is 12.0. The smallest absolute Gasteiger partial charge is 0.271 e. The van der Waals surface area contributed by atoms with Crippen LogP contribution in [0.1, 0.15) is 19.8 Å². The Hall–Kier alpha value is -2.64. The number of ether oxygens (including phenoxy) is 1. The minimum Gasteiger partial charge on any atom is -0.482 e. The number of amides is 2. The van der Waals surface area contributed by atoms with Crippen molar-refractivity contribution >= 4 is 23.2 Å². The SMILES string of the molecule is CCCCNC(=O)CN1C(=O)COc2ccc([N+](=O)[O-])cc21. The summed E-state index contributed by atoms with van der Waals surface area (Å²) in [6.45, 7) is 2.18. The molecule has 118 valence electrons. The van der Waals surface area contributed by atoms with Crippen LogP contribution in [-0.2, 0) is 9.59 Å². The first-order valence-electron chi connectivity index (χ1n) is 7.01. The first kappa shape index (κ1) is 15.7. The van der Waals surface area contributed by atoms with Gasteiger partial charge in [0.1, 0.15) is 12.3 Å². The molecule has 1 aliphatic rings. The summed E-state index contributed by atoms with van der Waals surface area (Å²) in [5, 5.41) is 13.6. The van der Waals surface area contributed by atoms with Crippen LogP contribution >= 0.6 is 0 Å². The van der Waals surface area contributed by atoms with E-state index in [2.05, 4.69) is 5.32 Å². The van der Waals surface area contributed by atoms with Crippen LogP contribution in [0.25, 0.3) is 0 Å². The lowest BCUT2D eigenvalue weighted by Gasteiger charge is -2.28. The average Bonchev–Trinajstić information content (AvgIpc) is 2.50. The number of carbonyl (C=O) groups excluding carboxylic acids is 2. The number of carbonyl (C=O) groups is 2. The molecule has 0 unspecified atom stereocenters. The van der Waals surface area contributed by atoms with Gasteiger partial charge >= 0.3 is 0 Å². The lowest BCUT2D eigenvalue weighted by atomic mass is 10.2. The first-order valence-corrected chi connectivity index (χ1v) is 7.01. The molecule has 0 radical (unpaired) electrons. The number of nitro benzene ring substituents is 1. The minimum absolute atomic E-state index is 0.159. The summed E-state index contributed by atoms with van der Waals surface area (Å²) in [6, 6.07) is 3.97. The van der Waals surface area contributed by atoms with Crippen molar-refractivity contribution in [1.82, 2.24) is 5.32 Å². The van der Waals surface area contributed by atoms with Gasteiger partial charge in [0.15, 0.2) is 6.61 Å². The number of non-ortho nitro benzene ring substituents is 1. The van der Waals surface area contributed by atoms with Gasteiger partial charge in [-0.25, -0.2) is 0 Å². The van der Waals surface area contributed by atoms with E-state index >= 15 is 0 Å². The third-order valence-corrected chi connectivity index (χ3v) is 3.25. The number of nitro groups is 1. The molecular weight excluding hydrogens is 290 g/mol. The number of hydrogen-bond acceptors (Lipinski definition) is 5. The molecule has 0 aliphatic carbocycles. The van der Waals surface area contributed by atoms with Crippen LogP contribution in [0.2, 0.25) is 0 Å². The summed E-state index contributed by atoms with van der Waals surface area (Å²) in [5.41, 5.74) is 0.0875. The predicted molar refractivity (Wildman–Crippen MR) is 78.9 cm³/mol. The van der Waals surface area contributed by atoms with E-state index in [0.29, 0.717) is 12.3 Å². The zero-order chi connectivity index (χ0) is 16.1. The van der Waals surface area contributed by atoms with Crippen molar-refractivity contribution in [1.29, 1.82) is 0 Å². The Morgan fingerprint density at radius 1 is 1.50 bits per heavy atom. The summed E-state index contributed by atoms with van der Waals surface area (Å²) >= 11 is 0. The molecule has 22 heavy (non-hydrogen) atoms. The highest BCUT2D eigenvalue weighted by molar-refractivity contribution is 6.02. The molecule has 8 nitrogen and oxygen atoms in total. The number of nitrogens with zero attached hydrogens (tertiary/aromatic N) is 2. The van der Waals surface area contributed by atoms with Crippen molar-refractivity contribution in [3.63, 3.8) is 0 Å². The number of unbranched alkanes of at least 4 members (excludes halogenated alkanes) is 1. The molecule has 0 bridgehead atoms. The zero-order valence-electron chi connectivity index (χ0n) is 12.2. The third-order valence-electron chi connectivity index (χ3n) is 3.25. The van der Waals surface area contributed by atoms with E-state index in [9.17, 15) is 19.7 Å². The Morgan fingerprint density at radius 2 is 2.27 bits per heavy atom. The van der Waals surface area contributed by atoms with Crippen LogP contribution in [0.5, 0.6) is 5.75 Å². The van der Waals surface area contributed by atoms with E-state index in [1.54, 1.807) is 0 Å². The second-order valence-corrected chi connectivity index (χ2v) is 4.88. The quantitative estimate of drug-likeness (QED) is 0.484. The molecule has 1 aliphatic heterocycles. The van der Waals surface area contributed by atoms with Crippen LogP contribution in [0.4, 0.5) is 11.4 Å². The summed E-state index contributed by atoms with van der Waals surface area (Å²) in [5.74, 6) is -0.355. The lowest BCUT2D eigenvalue weighted by molar-refractivity contribution is -0.384. The van der Waals surface area contributed by atoms with Crippen molar-refractivity contribution < 1.29 is 19.2 Å². The number of hydrogen-bond donors (Lipinski definition) is 1. The van der Waals surface area contributed by atoms with Gasteiger partial charge in [-0.15, -0.1) is 0 Å². The second kappa shape index (κ2) is 6.88. The molecule has 1 N–H and O–H groups in total. The van der Waals surface area contributed by atoms with Crippen molar-refractivity contribution in [2.45, 2.75) is 19.8 Å². The topological polar surface area (TPSA) is 102 Å². The molecule has 1 heterocycles. The predicted octanol–water partition coefficient (Wildman–Crippen LogP) is 1.24. The monoisotopic (exact) mass is 307 g/mol. The van der Waals surface area contributed by atoms with E-state index in [-0.39, 0.29) is 30.4 Å². The van der Waals surface area contributed by atoms with E-state index in [1.165, 1.54) is 23.1 Å². The lowest BCUT2D eigenvalue weighted by Crippen LogP contribution is -2.45. The standard InChI is InChI=1S/C14H17N3O5/c1-2-3-6-15-13(18)8-16-11-7-10(17(20)21)4-5-12(11)22-9-14(16)19/h4-5,7H,2-3,6,8-9H2,1H3,(H,15,18). The second-order valence-electron chi connectivity index (χ2n) is 4.88. The van der Waals surface area contributed by atoms with E-state index in [0.717, 1.165) is 12.8 Å². The molecule has 0 aromatic heterocycles. The summed E-state index contributed by atoms with van der Waals surface area (Å²) in [4.78, 5) is 35.3. The minimum atomic E-state index is -0.557. The molecule has 0 saturated carbocycles. The van der Waals surface area contributed by atoms with Gasteiger partial charge < -0.3 is 10.1 Å². The maximum absolute atomic E-state index is 12.0. The van der Waals surface area contributed by atoms with Crippen LogP contribution in [0, 0.1) is 10.1 Å². The maximum Gasteiger partial charge on any atom is 0.271 e. The van der Waals surface area contributed by atoms with Gasteiger partial charge in [-0.1, -0.05) is 13.3 Å². The van der Waals surface area contributed by atoms with Gasteiger partial charge in [-0.05, 0) is 12.5 Å². The zero-order valence-corrected chi connectivity index (χ0v) is 12.2. The summed E-state index contributed by atoms with van der Waals surface area (Å²) in [6.07, 6.45) is 1.80.